The molecule has 1 unspecified atom stereocenters. The highest BCUT2D eigenvalue weighted by Gasteiger charge is 2.26. The zero-order chi connectivity index (χ0) is 13.3. The summed E-state index contributed by atoms with van der Waals surface area (Å²) >= 11 is 12.0. The number of alkyl halides is 1. The van der Waals surface area contributed by atoms with Crippen molar-refractivity contribution in [3.63, 3.8) is 0 Å². The normalized spacial score (nSPS) is 19.0. The van der Waals surface area contributed by atoms with Crippen LogP contribution in [0.1, 0.15) is 29.4 Å². The third kappa shape index (κ3) is 3.38. The summed E-state index contributed by atoms with van der Waals surface area (Å²) in [4.78, 5) is 15.6. The first-order chi connectivity index (χ1) is 8.49. The van der Waals surface area contributed by atoms with E-state index in [1.165, 1.54) is 11.3 Å². The van der Waals surface area contributed by atoms with Gasteiger partial charge >= 0.3 is 0 Å². The lowest BCUT2D eigenvalue weighted by molar-refractivity contribution is 0.0696. The van der Waals surface area contributed by atoms with Gasteiger partial charge in [-0.1, -0.05) is 22.9 Å². The largest absolute Gasteiger partial charge is 0.338 e. The Labute approximate surface area is 137 Å². The molecule has 1 aliphatic heterocycles. The fourth-order valence-electron chi connectivity index (χ4n) is 2.17. The monoisotopic (exact) mass is 457 g/mol. The molecule has 1 atom stereocenters. The zero-order valence-corrected chi connectivity index (χ0v) is 15.5. The van der Waals surface area contributed by atoms with E-state index in [-0.39, 0.29) is 5.91 Å². The average Bonchev–Trinajstić information content (AvgIpc) is 2.69. The molecule has 0 aromatic carbocycles. The predicted molar refractivity (Wildman–Crippen MR) is 86.7 cm³/mol. The molecule has 0 saturated carbocycles. The Morgan fingerprint density at radius 3 is 2.50 bits per heavy atom. The summed E-state index contributed by atoms with van der Waals surface area (Å²) in [5.74, 6) is 0.850. The fraction of sp³-hybridized carbons (Fsp3) is 0.583. The molecule has 6 heteroatoms. The van der Waals surface area contributed by atoms with Crippen molar-refractivity contribution in [2.75, 3.05) is 13.1 Å². The highest BCUT2D eigenvalue weighted by Crippen LogP contribution is 2.34. The van der Waals surface area contributed by atoms with Gasteiger partial charge in [0.05, 0.1) is 8.66 Å². The van der Waals surface area contributed by atoms with E-state index in [1.54, 1.807) is 0 Å². The lowest BCUT2D eigenvalue weighted by Crippen LogP contribution is -2.39. The summed E-state index contributed by atoms with van der Waals surface area (Å²) in [7, 11) is 0. The highest BCUT2D eigenvalue weighted by molar-refractivity contribution is 9.13. The second kappa shape index (κ2) is 6.37. The molecule has 0 bridgehead atoms. The van der Waals surface area contributed by atoms with Crippen LogP contribution in [0.25, 0.3) is 0 Å². The van der Waals surface area contributed by atoms with Crippen molar-refractivity contribution < 1.29 is 4.79 Å². The van der Waals surface area contributed by atoms with Crippen LogP contribution in [-0.4, -0.2) is 28.7 Å². The summed E-state index contributed by atoms with van der Waals surface area (Å²) in [5.41, 5.74) is 0. The molecule has 2 rings (SSSR count). The summed E-state index contributed by atoms with van der Waals surface area (Å²) in [6.45, 7) is 3.93. The number of hydrogen-bond donors (Lipinski definition) is 0. The summed E-state index contributed by atoms with van der Waals surface area (Å²) < 4.78 is 1.94. The van der Waals surface area contributed by atoms with Gasteiger partial charge in [0.15, 0.2) is 0 Å². The van der Waals surface area contributed by atoms with E-state index >= 15 is 0 Å². The van der Waals surface area contributed by atoms with Crippen LogP contribution < -0.4 is 0 Å². The molecule has 1 aromatic rings. The number of likely N-dealkylation sites (tertiary alicyclic amines) is 1. The number of rotatable bonds is 2. The van der Waals surface area contributed by atoms with Crippen LogP contribution in [0.4, 0.5) is 0 Å². The van der Waals surface area contributed by atoms with E-state index in [9.17, 15) is 4.79 Å². The minimum atomic E-state index is 0.159. The summed E-state index contributed by atoms with van der Waals surface area (Å²) in [6.07, 6.45) is 2.18. The minimum Gasteiger partial charge on any atom is -0.338 e. The van der Waals surface area contributed by atoms with Gasteiger partial charge in [-0.05, 0) is 56.7 Å². The number of hydrogen-bond acceptors (Lipinski definition) is 2. The Hall–Kier alpha value is 0.610. The maximum atomic E-state index is 12.3. The van der Waals surface area contributed by atoms with Crippen LogP contribution in [0.15, 0.2) is 14.3 Å². The lowest BCUT2D eigenvalue weighted by Gasteiger charge is -2.33. The minimum absolute atomic E-state index is 0.159. The fourth-order valence-corrected chi connectivity index (χ4v) is 4.70. The summed E-state index contributed by atoms with van der Waals surface area (Å²) in [5, 5.41) is 0. The van der Waals surface area contributed by atoms with E-state index in [0.29, 0.717) is 10.7 Å². The SMILES string of the molecule is CC(Br)C1CCN(C(=O)c2cc(Br)c(Br)s2)CC1. The molecule has 1 aromatic heterocycles. The van der Waals surface area contributed by atoms with Gasteiger partial charge in [-0.15, -0.1) is 11.3 Å². The molecule has 2 nitrogen and oxygen atoms in total. The molecular weight excluding hydrogens is 446 g/mol. The van der Waals surface area contributed by atoms with Gasteiger partial charge in [-0.2, -0.15) is 0 Å². The van der Waals surface area contributed by atoms with Crippen molar-refractivity contribution in [1.82, 2.24) is 4.90 Å². The van der Waals surface area contributed by atoms with Gasteiger partial charge in [0.2, 0.25) is 0 Å². The number of nitrogens with zero attached hydrogens (tertiary/aromatic N) is 1. The smallest absolute Gasteiger partial charge is 0.264 e. The first kappa shape index (κ1) is 15.0. The van der Waals surface area contributed by atoms with Crippen LogP contribution in [0, 0.1) is 5.92 Å². The molecule has 100 valence electrons. The van der Waals surface area contributed by atoms with Crippen LogP contribution >= 0.6 is 59.1 Å². The lowest BCUT2D eigenvalue weighted by atomic mass is 9.94. The Balaban J connectivity index is 1.99. The molecule has 18 heavy (non-hydrogen) atoms. The highest BCUT2D eigenvalue weighted by atomic mass is 79.9. The third-order valence-corrected chi connectivity index (χ3v) is 7.32. The van der Waals surface area contributed by atoms with Gasteiger partial charge < -0.3 is 4.90 Å². The van der Waals surface area contributed by atoms with E-state index in [4.69, 9.17) is 0 Å². The van der Waals surface area contributed by atoms with E-state index in [1.807, 2.05) is 11.0 Å². The maximum Gasteiger partial charge on any atom is 0.264 e. The van der Waals surface area contributed by atoms with Crippen molar-refractivity contribution in [1.29, 1.82) is 0 Å². The molecule has 0 radical (unpaired) electrons. The van der Waals surface area contributed by atoms with Crippen molar-refractivity contribution in [3.05, 3.63) is 19.2 Å². The van der Waals surface area contributed by atoms with Crippen LogP contribution in [-0.2, 0) is 0 Å². The van der Waals surface area contributed by atoms with Crippen molar-refractivity contribution in [2.24, 2.45) is 5.92 Å². The maximum absolute atomic E-state index is 12.3. The number of halogens is 3. The van der Waals surface area contributed by atoms with Gasteiger partial charge in [0.1, 0.15) is 0 Å². The average molecular weight is 460 g/mol. The molecule has 1 aliphatic rings. The number of amides is 1. The third-order valence-electron chi connectivity index (χ3n) is 3.33. The molecule has 0 spiro atoms. The second-order valence-electron chi connectivity index (χ2n) is 4.54. The van der Waals surface area contributed by atoms with Crippen LogP contribution in [0.5, 0.6) is 0 Å². The Morgan fingerprint density at radius 1 is 1.44 bits per heavy atom. The molecule has 1 saturated heterocycles. The Bertz CT molecular complexity index is 419. The predicted octanol–water partition coefficient (Wildman–Crippen LogP) is 4.91. The number of carbonyl (C=O) groups excluding carboxylic acids is 1. The first-order valence-corrected chi connectivity index (χ1v) is 9.19. The number of thiophene rings is 1. The van der Waals surface area contributed by atoms with Crippen LogP contribution in [0.2, 0.25) is 0 Å². The number of piperidine rings is 1. The first-order valence-electron chi connectivity index (χ1n) is 5.87. The van der Waals surface area contributed by atoms with Crippen molar-refractivity contribution in [3.8, 4) is 0 Å². The molecule has 0 N–H and O–H groups in total. The quantitative estimate of drug-likeness (QED) is 0.575. The van der Waals surface area contributed by atoms with Gasteiger partial charge in [-0.25, -0.2) is 0 Å². The van der Waals surface area contributed by atoms with E-state index in [2.05, 4.69) is 54.7 Å². The second-order valence-corrected chi connectivity index (χ2v) is 9.21. The Morgan fingerprint density at radius 2 is 2.06 bits per heavy atom. The Kier molecular flexibility index (Phi) is 5.31. The van der Waals surface area contributed by atoms with Gasteiger partial charge in [0.25, 0.3) is 5.91 Å². The summed E-state index contributed by atoms with van der Waals surface area (Å²) in [6, 6.07) is 1.90. The molecule has 1 amide bonds. The van der Waals surface area contributed by atoms with Gasteiger partial charge in [0, 0.05) is 22.4 Å². The molecular formula is C12H14Br3NOS. The van der Waals surface area contributed by atoms with Gasteiger partial charge in [-0.3, -0.25) is 4.79 Å². The van der Waals surface area contributed by atoms with E-state index in [0.717, 1.165) is 39.1 Å². The molecule has 1 fully saturated rings. The van der Waals surface area contributed by atoms with Crippen molar-refractivity contribution >= 4 is 65.0 Å². The topological polar surface area (TPSA) is 20.3 Å². The molecule has 0 aliphatic carbocycles. The number of carbonyl (C=O) groups is 1. The van der Waals surface area contributed by atoms with Crippen LogP contribution in [0.3, 0.4) is 0 Å². The standard InChI is InChI=1S/C12H14Br3NOS/c1-7(13)8-2-4-16(5-3-8)12(17)10-6-9(14)11(15)18-10/h6-8H,2-5H2,1H3. The zero-order valence-electron chi connectivity index (χ0n) is 9.96. The van der Waals surface area contributed by atoms with E-state index < -0.39 is 0 Å². The van der Waals surface area contributed by atoms with Crippen molar-refractivity contribution in [2.45, 2.75) is 24.6 Å². The molecule has 2 heterocycles.